The number of amides is 2. The van der Waals surface area contributed by atoms with Gasteiger partial charge in [-0.2, -0.15) is 0 Å². The summed E-state index contributed by atoms with van der Waals surface area (Å²) in [6.45, 7) is 2.28. The molecule has 2 atom stereocenters. The fourth-order valence-corrected chi connectivity index (χ4v) is 2.70. The number of benzene rings is 1. The molecular formula is C13H13BrF2N2O2. The van der Waals surface area contributed by atoms with Crippen LogP contribution in [0.25, 0.3) is 0 Å². The lowest BCUT2D eigenvalue weighted by Gasteiger charge is -2.16. The van der Waals surface area contributed by atoms with Gasteiger partial charge in [-0.3, -0.25) is 9.59 Å². The first-order valence-corrected chi connectivity index (χ1v) is 6.83. The average Bonchev–Trinajstić information content (AvgIpc) is 2.75. The Balaban J connectivity index is 2.25. The average molecular weight is 347 g/mol. The van der Waals surface area contributed by atoms with Gasteiger partial charge < -0.3 is 10.6 Å². The fourth-order valence-electron chi connectivity index (χ4n) is 2.36. The van der Waals surface area contributed by atoms with Crippen LogP contribution in [-0.4, -0.2) is 29.8 Å². The maximum Gasteiger partial charge on any atom is 0.256 e. The summed E-state index contributed by atoms with van der Waals surface area (Å²) in [4.78, 5) is 24.8. The van der Waals surface area contributed by atoms with Crippen LogP contribution >= 0.6 is 15.9 Å². The van der Waals surface area contributed by atoms with Crippen molar-refractivity contribution in [3.05, 3.63) is 33.8 Å². The molecule has 2 N–H and O–H groups in total. The molecule has 0 spiro atoms. The summed E-state index contributed by atoms with van der Waals surface area (Å²) in [7, 11) is 0. The van der Waals surface area contributed by atoms with Crippen molar-refractivity contribution < 1.29 is 18.4 Å². The second-order valence-electron chi connectivity index (χ2n) is 4.94. The summed E-state index contributed by atoms with van der Waals surface area (Å²) >= 11 is 2.92. The van der Waals surface area contributed by atoms with Crippen LogP contribution in [0.5, 0.6) is 0 Å². The van der Waals surface area contributed by atoms with Crippen molar-refractivity contribution >= 4 is 27.7 Å². The lowest BCUT2D eigenvalue weighted by Crippen LogP contribution is -2.32. The quantitative estimate of drug-likeness (QED) is 0.831. The third kappa shape index (κ3) is 2.67. The minimum Gasteiger partial charge on any atom is -0.369 e. The van der Waals surface area contributed by atoms with Gasteiger partial charge in [0.05, 0.1) is 16.0 Å². The molecule has 7 heteroatoms. The van der Waals surface area contributed by atoms with Crippen LogP contribution in [0.2, 0.25) is 0 Å². The Morgan fingerprint density at radius 1 is 1.30 bits per heavy atom. The van der Waals surface area contributed by atoms with E-state index in [1.54, 1.807) is 6.92 Å². The molecular weight excluding hydrogens is 334 g/mol. The van der Waals surface area contributed by atoms with E-state index in [9.17, 15) is 18.4 Å². The van der Waals surface area contributed by atoms with E-state index in [1.807, 2.05) is 0 Å². The number of halogens is 3. The Hall–Kier alpha value is -1.50. The Morgan fingerprint density at radius 2 is 1.95 bits per heavy atom. The zero-order valence-electron chi connectivity index (χ0n) is 10.7. The predicted octanol–water partition coefficient (Wildman–Crippen LogP) is 1.92. The van der Waals surface area contributed by atoms with E-state index in [4.69, 9.17) is 5.73 Å². The maximum atomic E-state index is 13.7. The first kappa shape index (κ1) is 14.9. The molecule has 1 saturated heterocycles. The molecule has 4 nitrogen and oxygen atoms in total. The minimum absolute atomic E-state index is 0.0148. The molecule has 108 valence electrons. The van der Waals surface area contributed by atoms with E-state index in [0.717, 1.165) is 6.07 Å². The molecule has 1 heterocycles. The van der Waals surface area contributed by atoms with Crippen molar-refractivity contribution in [3.8, 4) is 0 Å². The Kier molecular flexibility index (Phi) is 4.08. The van der Waals surface area contributed by atoms with E-state index in [1.165, 1.54) is 4.90 Å². The van der Waals surface area contributed by atoms with Crippen molar-refractivity contribution in [2.45, 2.75) is 6.92 Å². The zero-order chi connectivity index (χ0) is 15.0. The fraction of sp³-hybridized carbons (Fsp3) is 0.385. The van der Waals surface area contributed by atoms with Crippen molar-refractivity contribution in [1.82, 2.24) is 4.90 Å². The molecule has 1 fully saturated rings. The summed E-state index contributed by atoms with van der Waals surface area (Å²) in [5, 5.41) is 0. The van der Waals surface area contributed by atoms with Gasteiger partial charge in [0.15, 0.2) is 0 Å². The number of primary amides is 1. The topological polar surface area (TPSA) is 63.4 Å². The number of rotatable bonds is 2. The second-order valence-corrected chi connectivity index (χ2v) is 5.80. The summed E-state index contributed by atoms with van der Waals surface area (Å²) in [5.74, 6) is -3.27. The molecule has 1 aromatic rings. The highest BCUT2D eigenvalue weighted by molar-refractivity contribution is 9.10. The Labute approximate surface area is 123 Å². The maximum absolute atomic E-state index is 13.7. The van der Waals surface area contributed by atoms with Gasteiger partial charge in [-0.1, -0.05) is 6.92 Å². The van der Waals surface area contributed by atoms with Crippen LogP contribution in [0.1, 0.15) is 17.3 Å². The van der Waals surface area contributed by atoms with E-state index < -0.39 is 29.4 Å². The van der Waals surface area contributed by atoms with Gasteiger partial charge in [0, 0.05) is 19.2 Å². The molecule has 0 aromatic heterocycles. The highest BCUT2D eigenvalue weighted by Crippen LogP contribution is 2.26. The zero-order valence-corrected chi connectivity index (χ0v) is 12.3. The normalized spacial score (nSPS) is 22.1. The number of likely N-dealkylation sites (tertiary alicyclic amines) is 1. The molecule has 2 amide bonds. The van der Waals surface area contributed by atoms with Gasteiger partial charge in [-0.25, -0.2) is 8.78 Å². The molecule has 2 rings (SSSR count). The molecule has 0 aliphatic carbocycles. The number of hydrogen-bond acceptors (Lipinski definition) is 2. The third-order valence-electron chi connectivity index (χ3n) is 3.51. The Morgan fingerprint density at radius 3 is 2.50 bits per heavy atom. The van der Waals surface area contributed by atoms with E-state index >= 15 is 0 Å². The molecule has 20 heavy (non-hydrogen) atoms. The Bertz CT molecular complexity index is 580. The van der Waals surface area contributed by atoms with Gasteiger partial charge in [0.1, 0.15) is 11.6 Å². The summed E-state index contributed by atoms with van der Waals surface area (Å²) in [5.41, 5.74) is 5.03. The molecule has 1 aliphatic rings. The van der Waals surface area contributed by atoms with Crippen molar-refractivity contribution in [3.63, 3.8) is 0 Å². The van der Waals surface area contributed by atoms with Gasteiger partial charge in [-0.15, -0.1) is 0 Å². The third-order valence-corrected chi connectivity index (χ3v) is 4.11. The molecule has 0 bridgehead atoms. The minimum atomic E-state index is -0.925. The van der Waals surface area contributed by atoms with Crippen LogP contribution < -0.4 is 5.73 Å². The van der Waals surface area contributed by atoms with E-state index in [2.05, 4.69) is 15.9 Å². The molecule has 0 unspecified atom stereocenters. The molecule has 1 aromatic carbocycles. The van der Waals surface area contributed by atoms with Crippen LogP contribution in [0, 0.1) is 23.5 Å². The molecule has 1 aliphatic heterocycles. The first-order chi connectivity index (χ1) is 9.31. The monoisotopic (exact) mass is 346 g/mol. The van der Waals surface area contributed by atoms with Gasteiger partial charge in [-0.05, 0) is 27.9 Å². The molecule has 0 radical (unpaired) electrons. The number of nitrogens with two attached hydrogens (primary N) is 1. The predicted molar refractivity (Wildman–Crippen MR) is 71.8 cm³/mol. The van der Waals surface area contributed by atoms with Gasteiger partial charge in [0.2, 0.25) is 5.91 Å². The smallest absolute Gasteiger partial charge is 0.256 e. The van der Waals surface area contributed by atoms with Crippen molar-refractivity contribution in [1.29, 1.82) is 0 Å². The van der Waals surface area contributed by atoms with E-state index in [-0.39, 0.29) is 22.5 Å². The SMILES string of the molecule is C[C@@H]1CN(C(=O)c2cc(Br)c(F)cc2F)C[C@H]1C(N)=O. The summed E-state index contributed by atoms with van der Waals surface area (Å²) in [6.07, 6.45) is 0. The van der Waals surface area contributed by atoms with E-state index in [0.29, 0.717) is 12.6 Å². The van der Waals surface area contributed by atoms with Gasteiger partial charge >= 0.3 is 0 Å². The number of nitrogens with zero attached hydrogens (tertiary/aromatic N) is 1. The summed E-state index contributed by atoms with van der Waals surface area (Å²) in [6, 6.07) is 1.76. The standard InChI is InChI=1S/C13H13BrF2N2O2/c1-6-4-18(5-8(6)12(17)19)13(20)7-2-9(14)11(16)3-10(7)15/h2-3,6,8H,4-5H2,1H3,(H2,17,19)/t6-,8-/m1/s1. The lowest BCUT2D eigenvalue weighted by molar-refractivity contribution is -0.122. The highest BCUT2D eigenvalue weighted by Gasteiger charge is 2.36. The lowest BCUT2D eigenvalue weighted by atomic mass is 9.98. The number of hydrogen-bond donors (Lipinski definition) is 1. The van der Waals surface area contributed by atoms with Crippen molar-refractivity contribution in [2.75, 3.05) is 13.1 Å². The van der Waals surface area contributed by atoms with Crippen LogP contribution in [0.4, 0.5) is 8.78 Å². The highest BCUT2D eigenvalue weighted by atomic mass is 79.9. The largest absolute Gasteiger partial charge is 0.369 e. The van der Waals surface area contributed by atoms with Crippen LogP contribution in [-0.2, 0) is 4.79 Å². The van der Waals surface area contributed by atoms with Crippen molar-refractivity contribution in [2.24, 2.45) is 17.6 Å². The molecule has 0 saturated carbocycles. The van der Waals surface area contributed by atoms with Crippen LogP contribution in [0.3, 0.4) is 0 Å². The van der Waals surface area contributed by atoms with Crippen LogP contribution in [0.15, 0.2) is 16.6 Å². The second kappa shape index (κ2) is 5.47. The first-order valence-electron chi connectivity index (χ1n) is 6.04. The van der Waals surface area contributed by atoms with Gasteiger partial charge in [0.25, 0.3) is 5.91 Å². The number of carbonyl (C=O) groups is 2. The number of carbonyl (C=O) groups excluding carboxylic acids is 2. The summed E-state index contributed by atoms with van der Waals surface area (Å²) < 4.78 is 26.9.